The molecule has 7 nitrogen and oxygen atoms in total. The topological polar surface area (TPSA) is 78.4 Å². The molecule has 0 bridgehead atoms. The number of pyridine rings is 2. The Morgan fingerprint density at radius 2 is 1.86 bits per heavy atom. The van der Waals surface area contributed by atoms with E-state index < -0.39 is 55.2 Å². The van der Waals surface area contributed by atoms with E-state index in [4.69, 9.17) is 0 Å². The maximum atomic E-state index is 13.5. The zero-order valence-corrected chi connectivity index (χ0v) is 19.4. The molecule has 2 amide bonds. The Morgan fingerprint density at radius 1 is 1.11 bits per heavy atom. The zero-order chi connectivity index (χ0) is 26.5. The first-order chi connectivity index (χ1) is 17.4. The second kappa shape index (κ2) is 8.79. The number of amides is 2. The first-order valence-corrected chi connectivity index (χ1v) is 11.3. The maximum absolute atomic E-state index is 13.5. The minimum atomic E-state index is -4.62. The smallest absolute Gasteiger partial charge is 0.359 e. The third kappa shape index (κ3) is 4.70. The van der Waals surface area contributed by atoms with Crippen LogP contribution >= 0.6 is 0 Å². The molecule has 5 rings (SSSR count). The fraction of sp³-hybridized carbons (Fsp3) is 0.280. The number of carbonyl (C=O) groups is 2. The highest BCUT2D eigenvalue weighted by Gasteiger charge is 2.44. The summed E-state index contributed by atoms with van der Waals surface area (Å²) >= 11 is 0. The predicted octanol–water partition coefficient (Wildman–Crippen LogP) is 4.71. The van der Waals surface area contributed by atoms with Crippen LogP contribution in [-0.4, -0.2) is 47.3 Å². The van der Waals surface area contributed by atoms with Crippen molar-refractivity contribution in [2.24, 2.45) is 0 Å². The summed E-state index contributed by atoms with van der Waals surface area (Å²) in [7, 11) is 0. The number of hydrogen-bond acceptors (Lipinski definition) is 5. The summed E-state index contributed by atoms with van der Waals surface area (Å²) in [5.74, 6) is -4.64. The quantitative estimate of drug-likeness (QED) is 0.508. The van der Waals surface area contributed by atoms with Crippen molar-refractivity contribution >= 4 is 28.9 Å². The molecule has 2 aliphatic heterocycles. The van der Waals surface area contributed by atoms with Crippen LogP contribution in [0.1, 0.15) is 24.2 Å². The standard InChI is InChI=1S/C25H20F5N5O2/c1-14-22-18(3-2-8-31-22)17-6-5-16(34-12-24(26,27)13-34)9-19(17)35(23(14)37)11-21(36)33-15-4-7-20(32-10-15)25(28,29)30/h2-10,14H,11-13H2,1H3,(H,33,36)/t14-/m1/s1. The molecular formula is C25H20F5N5O2. The number of halogens is 5. The Labute approximate surface area is 207 Å². The number of aromatic nitrogens is 2. The van der Waals surface area contributed by atoms with E-state index in [-0.39, 0.29) is 5.69 Å². The molecule has 0 unspecified atom stereocenters. The fourth-order valence-corrected chi connectivity index (χ4v) is 4.46. The number of benzene rings is 1. The van der Waals surface area contributed by atoms with Gasteiger partial charge in [-0.05, 0) is 37.3 Å². The molecule has 2 aliphatic rings. The Hall–Kier alpha value is -4.09. The zero-order valence-electron chi connectivity index (χ0n) is 19.4. The van der Waals surface area contributed by atoms with Crippen molar-refractivity contribution in [3.8, 4) is 11.1 Å². The summed E-state index contributed by atoms with van der Waals surface area (Å²) in [5.41, 5.74) is 1.51. The van der Waals surface area contributed by atoms with Crippen molar-refractivity contribution in [2.45, 2.75) is 24.9 Å². The van der Waals surface area contributed by atoms with Gasteiger partial charge in [-0.15, -0.1) is 0 Å². The van der Waals surface area contributed by atoms with E-state index in [1.54, 1.807) is 43.5 Å². The van der Waals surface area contributed by atoms with E-state index in [1.807, 2.05) is 0 Å². The number of anilines is 3. The number of alkyl halides is 5. The summed E-state index contributed by atoms with van der Waals surface area (Å²) < 4.78 is 65.3. The van der Waals surface area contributed by atoms with Gasteiger partial charge in [0, 0.05) is 23.0 Å². The number of nitrogens with zero attached hydrogens (tertiary/aromatic N) is 4. The summed E-state index contributed by atoms with van der Waals surface area (Å²) in [5, 5.41) is 2.46. The normalized spacial score (nSPS) is 18.4. The first-order valence-electron chi connectivity index (χ1n) is 11.3. The van der Waals surface area contributed by atoms with Gasteiger partial charge in [0.1, 0.15) is 12.2 Å². The van der Waals surface area contributed by atoms with E-state index in [0.29, 0.717) is 28.2 Å². The second-order valence-electron chi connectivity index (χ2n) is 8.97. The molecule has 0 spiro atoms. The molecule has 192 valence electrons. The van der Waals surface area contributed by atoms with E-state index in [2.05, 4.69) is 15.3 Å². The molecular weight excluding hydrogens is 497 g/mol. The van der Waals surface area contributed by atoms with E-state index in [1.165, 1.54) is 9.80 Å². The average Bonchev–Trinajstić information content (AvgIpc) is 2.92. The van der Waals surface area contributed by atoms with Gasteiger partial charge in [-0.3, -0.25) is 14.6 Å². The maximum Gasteiger partial charge on any atom is 0.433 e. The monoisotopic (exact) mass is 517 g/mol. The third-order valence-electron chi connectivity index (χ3n) is 6.30. The molecule has 1 fully saturated rings. The molecule has 1 N–H and O–H groups in total. The van der Waals surface area contributed by atoms with Crippen LogP contribution in [0, 0.1) is 0 Å². The van der Waals surface area contributed by atoms with Gasteiger partial charge < -0.3 is 15.1 Å². The third-order valence-corrected chi connectivity index (χ3v) is 6.30. The van der Waals surface area contributed by atoms with Gasteiger partial charge in [0.05, 0.1) is 42.3 Å². The van der Waals surface area contributed by atoms with Crippen LogP contribution in [0.5, 0.6) is 0 Å². The highest BCUT2D eigenvalue weighted by atomic mass is 19.4. The molecule has 4 heterocycles. The Kier molecular flexibility index (Phi) is 5.84. The molecule has 1 aromatic carbocycles. The lowest BCUT2D eigenvalue weighted by Gasteiger charge is -2.41. The van der Waals surface area contributed by atoms with Gasteiger partial charge in [0.15, 0.2) is 0 Å². The lowest BCUT2D eigenvalue weighted by Crippen LogP contribution is -2.56. The number of nitrogens with one attached hydrogen (secondary N) is 1. The summed E-state index contributed by atoms with van der Waals surface area (Å²) in [6.07, 6.45) is -2.19. The molecule has 3 aromatic rings. The van der Waals surface area contributed by atoms with Gasteiger partial charge in [0.2, 0.25) is 11.8 Å². The van der Waals surface area contributed by atoms with Crippen molar-refractivity contribution < 1.29 is 31.5 Å². The Bertz CT molecular complexity index is 1370. The SMILES string of the molecule is C[C@H]1C(=O)N(CC(=O)Nc2ccc(C(F)(F)F)nc2)c2cc(N3CC(F)(F)C3)ccc2-c2cccnc21. The lowest BCUT2D eigenvalue weighted by molar-refractivity contribution is -0.141. The van der Waals surface area contributed by atoms with Gasteiger partial charge in [-0.2, -0.15) is 13.2 Å². The molecule has 12 heteroatoms. The highest BCUT2D eigenvalue weighted by Crippen LogP contribution is 2.43. The molecule has 0 aliphatic carbocycles. The first kappa shape index (κ1) is 24.6. The number of rotatable bonds is 4. The minimum absolute atomic E-state index is 0.0232. The van der Waals surface area contributed by atoms with Crippen LogP contribution in [0.15, 0.2) is 54.9 Å². The van der Waals surface area contributed by atoms with Crippen LogP contribution in [-0.2, 0) is 15.8 Å². The van der Waals surface area contributed by atoms with Crippen molar-refractivity contribution in [1.82, 2.24) is 9.97 Å². The number of fused-ring (bicyclic) bond motifs is 3. The molecule has 0 saturated carbocycles. The van der Waals surface area contributed by atoms with E-state index >= 15 is 0 Å². The minimum Gasteiger partial charge on any atom is -0.359 e. The van der Waals surface area contributed by atoms with Crippen LogP contribution in [0.2, 0.25) is 0 Å². The average molecular weight is 517 g/mol. The Balaban J connectivity index is 1.47. The number of carbonyl (C=O) groups excluding carboxylic acids is 2. The predicted molar refractivity (Wildman–Crippen MR) is 125 cm³/mol. The molecule has 37 heavy (non-hydrogen) atoms. The summed E-state index contributed by atoms with van der Waals surface area (Å²) in [6.45, 7) is 0.262. The van der Waals surface area contributed by atoms with Gasteiger partial charge in [0.25, 0.3) is 5.92 Å². The highest BCUT2D eigenvalue weighted by molar-refractivity contribution is 6.09. The fourth-order valence-electron chi connectivity index (χ4n) is 4.46. The van der Waals surface area contributed by atoms with Gasteiger partial charge >= 0.3 is 6.18 Å². The summed E-state index contributed by atoms with van der Waals surface area (Å²) in [4.78, 5) is 36.8. The van der Waals surface area contributed by atoms with Crippen molar-refractivity contribution in [3.63, 3.8) is 0 Å². The van der Waals surface area contributed by atoms with E-state index in [9.17, 15) is 31.5 Å². The van der Waals surface area contributed by atoms with Crippen molar-refractivity contribution in [2.75, 3.05) is 34.8 Å². The van der Waals surface area contributed by atoms with Crippen LogP contribution in [0.25, 0.3) is 11.1 Å². The van der Waals surface area contributed by atoms with Gasteiger partial charge in [-0.1, -0.05) is 12.1 Å². The van der Waals surface area contributed by atoms with Crippen LogP contribution < -0.4 is 15.1 Å². The van der Waals surface area contributed by atoms with Gasteiger partial charge in [-0.25, -0.2) is 13.8 Å². The van der Waals surface area contributed by atoms with Crippen molar-refractivity contribution in [3.05, 3.63) is 66.2 Å². The molecule has 0 radical (unpaired) electrons. The van der Waals surface area contributed by atoms with Crippen LogP contribution in [0.4, 0.5) is 39.0 Å². The Morgan fingerprint density at radius 3 is 2.51 bits per heavy atom. The molecule has 1 saturated heterocycles. The summed E-state index contributed by atoms with van der Waals surface area (Å²) in [6, 6.07) is 10.3. The number of hydrogen-bond donors (Lipinski definition) is 1. The van der Waals surface area contributed by atoms with Crippen molar-refractivity contribution in [1.29, 1.82) is 0 Å². The molecule has 1 atom stereocenters. The molecule has 2 aromatic heterocycles. The lowest BCUT2D eigenvalue weighted by atomic mass is 9.97. The van der Waals surface area contributed by atoms with Crippen LogP contribution in [0.3, 0.4) is 0 Å². The van der Waals surface area contributed by atoms with E-state index in [0.717, 1.165) is 18.3 Å². The largest absolute Gasteiger partial charge is 0.433 e. The second-order valence-corrected chi connectivity index (χ2v) is 8.97.